The van der Waals surface area contributed by atoms with Crippen LogP contribution in [0.5, 0.6) is 11.5 Å². The summed E-state index contributed by atoms with van der Waals surface area (Å²) in [5.74, 6) is 0.635. The zero-order valence-electron chi connectivity index (χ0n) is 13.3. The molecule has 0 saturated carbocycles. The van der Waals surface area contributed by atoms with Gasteiger partial charge in [0.1, 0.15) is 13.2 Å². The molecule has 0 radical (unpaired) electrons. The Morgan fingerprint density at radius 2 is 2.08 bits per heavy atom. The molecule has 6 nitrogen and oxygen atoms in total. The topological polar surface area (TPSA) is 76.1 Å². The lowest BCUT2D eigenvalue weighted by Gasteiger charge is -2.33. The Bertz CT molecular complexity index is 648. The minimum atomic E-state index is -0.783. The summed E-state index contributed by atoms with van der Waals surface area (Å²) < 4.78 is 11.8. The van der Waals surface area contributed by atoms with Crippen LogP contribution in [0.2, 0.25) is 0 Å². The number of amides is 1. The molecule has 0 aromatic heterocycles. The van der Waals surface area contributed by atoms with E-state index in [4.69, 9.17) is 14.6 Å². The Labute approximate surface area is 148 Å². The van der Waals surface area contributed by atoms with E-state index in [-0.39, 0.29) is 18.2 Å². The van der Waals surface area contributed by atoms with Crippen molar-refractivity contribution in [2.24, 2.45) is 5.92 Å². The maximum absolute atomic E-state index is 12.8. The first-order valence-corrected chi connectivity index (χ1v) is 8.94. The van der Waals surface area contributed by atoms with Crippen molar-refractivity contribution in [2.75, 3.05) is 26.3 Å². The maximum atomic E-state index is 12.8. The average molecular weight is 398 g/mol. The van der Waals surface area contributed by atoms with Gasteiger partial charge in [-0.3, -0.25) is 9.59 Å². The van der Waals surface area contributed by atoms with Crippen LogP contribution < -0.4 is 9.47 Å². The molecule has 0 spiro atoms. The molecule has 1 amide bonds. The molecule has 2 aliphatic rings. The zero-order valence-corrected chi connectivity index (χ0v) is 14.9. The summed E-state index contributed by atoms with van der Waals surface area (Å²) in [5.41, 5.74) is 0.560. The molecule has 1 N–H and O–H groups in total. The van der Waals surface area contributed by atoms with Gasteiger partial charge in [0.25, 0.3) is 5.91 Å². The van der Waals surface area contributed by atoms with Gasteiger partial charge in [-0.05, 0) is 53.2 Å². The van der Waals surface area contributed by atoms with Crippen molar-refractivity contribution >= 4 is 27.8 Å². The number of carbonyl (C=O) groups is 2. The van der Waals surface area contributed by atoms with Crippen LogP contribution in [0, 0.1) is 5.92 Å². The van der Waals surface area contributed by atoms with Gasteiger partial charge >= 0.3 is 5.97 Å². The van der Waals surface area contributed by atoms with E-state index in [0.717, 1.165) is 12.8 Å². The summed E-state index contributed by atoms with van der Waals surface area (Å²) in [6, 6.07) is 3.49. The van der Waals surface area contributed by atoms with Gasteiger partial charge in [-0.1, -0.05) is 0 Å². The van der Waals surface area contributed by atoms with Crippen LogP contribution in [0.4, 0.5) is 0 Å². The largest absolute Gasteiger partial charge is 0.486 e. The molecular weight excluding hydrogens is 378 g/mol. The molecule has 2 aliphatic heterocycles. The Hall–Kier alpha value is -1.76. The van der Waals surface area contributed by atoms with Crippen molar-refractivity contribution in [3.63, 3.8) is 0 Å². The quantitative estimate of drug-likeness (QED) is 0.844. The smallest absolute Gasteiger partial charge is 0.303 e. The number of carbonyl (C=O) groups excluding carboxylic acids is 1. The zero-order chi connectivity index (χ0) is 17.1. The van der Waals surface area contributed by atoms with Gasteiger partial charge in [-0.25, -0.2) is 0 Å². The predicted molar refractivity (Wildman–Crippen MR) is 90.6 cm³/mol. The third-order valence-electron chi connectivity index (χ3n) is 4.42. The van der Waals surface area contributed by atoms with Crippen molar-refractivity contribution in [2.45, 2.75) is 25.7 Å². The number of piperidine rings is 1. The molecule has 24 heavy (non-hydrogen) atoms. The Balaban J connectivity index is 1.71. The van der Waals surface area contributed by atoms with Crippen LogP contribution in [0.1, 0.15) is 36.0 Å². The summed E-state index contributed by atoms with van der Waals surface area (Å²) in [6.07, 6.45) is 2.65. The fourth-order valence-corrected chi connectivity index (χ4v) is 3.79. The highest BCUT2D eigenvalue weighted by Crippen LogP contribution is 2.39. The number of hydrogen-bond donors (Lipinski definition) is 1. The van der Waals surface area contributed by atoms with Gasteiger partial charge in [0.15, 0.2) is 11.5 Å². The van der Waals surface area contributed by atoms with Crippen LogP contribution in [0.15, 0.2) is 16.6 Å². The highest BCUT2D eigenvalue weighted by atomic mass is 79.9. The van der Waals surface area contributed by atoms with Gasteiger partial charge in [0, 0.05) is 25.1 Å². The number of fused-ring (bicyclic) bond motifs is 1. The van der Waals surface area contributed by atoms with E-state index in [1.165, 1.54) is 0 Å². The van der Waals surface area contributed by atoms with Gasteiger partial charge in [-0.2, -0.15) is 0 Å². The van der Waals surface area contributed by atoms with E-state index >= 15 is 0 Å². The summed E-state index contributed by atoms with van der Waals surface area (Å²) in [6.45, 7) is 2.28. The molecular formula is C17H20BrNO5. The number of nitrogens with zero attached hydrogens (tertiary/aromatic N) is 1. The highest BCUT2D eigenvalue weighted by molar-refractivity contribution is 9.10. The number of carboxylic acid groups (broad SMARTS) is 1. The third kappa shape index (κ3) is 3.83. The number of halogens is 1. The minimum Gasteiger partial charge on any atom is -0.486 e. The van der Waals surface area contributed by atoms with Crippen molar-refractivity contribution in [1.82, 2.24) is 4.90 Å². The molecule has 1 aromatic carbocycles. The van der Waals surface area contributed by atoms with Gasteiger partial charge < -0.3 is 19.5 Å². The number of hydrogen-bond acceptors (Lipinski definition) is 4. The average Bonchev–Trinajstić information content (AvgIpc) is 2.59. The van der Waals surface area contributed by atoms with E-state index in [2.05, 4.69) is 15.9 Å². The van der Waals surface area contributed by atoms with Crippen LogP contribution in [0.25, 0.3) is 0 Å². The summed E-state index contributed by atoms with van der Waals surface area (Å²) >= 11 is 3.44. The number of carboxylic acids is 1. The van der Waals surface area contributed by atoms with Gasteiger partial charge in [0.05, 0.1) is 4.47 Å². The fourth-order valence-electron chi connectivity index (χ4n) is 3.23. The van der Waals surface area contributed by atoms with E-state index in [9.17, 15) is 9.59 Å². The first-order valence-electron chi connectivity index (χ1n) is 8.15. The van der Waals surface area contributed by atoms with E-state index in [1.807, 2.05) is 4.90 Å². The standard InChI is InChI=1S/C17H20BrNO5/c18-13-8-12(9-14-16(13)24-7-6-23-14)17(22)19-5-1-2-11(10-19)3-4-15(20)21/h8-9,11H,1-7,10H2,(H,20,21)/t11-/m0/s1. The SMILES string of the molecule is O=C(O)CC[C@@H]1CCCN(C(=O)c2cc(Br)c3c(c2)OCCO3)C1. The first-order chi connectivity index (χ1) is 11.5. The minimum absolute atomic E-state index is 0.0484. The monoisotopic (exact) mass is 397 g/mol. The molecule has 1 atom stereocenters. The molecule has 0 unspecified atom stereocenters. The van der Waals surface area contributed by atoms with Gasteiger partial charge in [-0.15, -0.1) is 0 Å². The molecule has 130 valence electrons. The number of likely N-dealkylation sites (tertiary alicyclic amines) is 1. The molecule has 1 fully saturated rings. The van der Waals surface area contributed by atoms with Crippen LogP contribution in [-0.4, -0.2) is 48.2 Å². The Morgan fingerprint density at radius 1 is 1.29 bits per heavy atom. The van der Waals surface area contributed by atoms with Crippen LogP contribution in [-0.2, 0) is 4.79 Å². The maximum Gasteiger partial charge on any atom is 0.303 e. The normalized spacial score (nSPS) is 19.9. The number of benzene rings is 1. The number of rotatable bonds is 4. The fraction of sp³-hybridized carbons (Fsp3) is 0.529. The van der Waals surface area contributed by atoms with Crippen molar-refractivity contribution in [1.29, 1.82) is 0 Å². The molecule has 1 saturated heterocycles. The second kappa shape index (κ2) is 7.42. The number of ether oxygens (including phenoxy) is 2. The summed E-state index contributed by atoms with van der Waals surface area (Å²) in [5, 5.41) is 8.83. The highest BCUT2D eigenvalue weighted by Gasteiger charge is 2.27. The predicted octanol–water partition coefficient (Wildman–Crippen LogP) is 2.94. The second-order valence-electron chi connectivity index (χ2n) is 6.17. The molecule has 0 aliphatic carbocycles. The first kappa shape index (κ1) is 17.1. The van der Waals surface area contributed by atoms with Crippen molar-refractivity contribution in [3.8, 4) is 11.5 Å². The van der Waals surface area contributed by atoms with Crippen molar-refractivity contribution in [3.05, 3.63) is 22.2 Å². The van der Waals surface area contributed by atoms with Crippen molar-refractivity contribution < 1.29 is 24.2 Å². The number of aliphatic carboxylic acids is 1. The third-order valence-corrected chi connectivity index (χ3v) is 5.01. The molecule has 1 aromatic rings. The lowest BCUT2D eigenvalue weighted by Crippen LogP contribution is -2.40. The lowest BCUT2D eigenvalue weighted by atomic mass is 9.93. The van der Waals surface area contributed by atoms with E-state index in [1.54, 1.807) is 12.1 Å². The molecule has 3 rings (SSSR count). The molecule has 7 heteroatoms. The molecule has 0 bridgehead atoms. The summed E-state index contributed by atoms with van der Waals surface area (Å²) in [4.78, 5) is 25.4. The second-order valence-corrected chi connectivity index (χ2v) is 7.03. The lowest BCUT2D eigenvalue weighted by molar-refractivity contribution is -0.137. The van der Waals surface area contributed by atoms with E-state index in [0.29, 0.717) is 54.3 Å². The Kier molecular flexibility index (Phi) is 5.28. The summed E-state index contributed by atoms with van der Waals surface area (Å²) in [7, 11) is 0. The van der Waals surface area contributed by atoms with Gasteiger partial charge in [0.2, 0.25) is 0 Å². The molecule has 2 heterocycles. The van der Waals surface area contributed by atoms with Crippen LogP contribution >= 0.6 is 15.9 Å². The Morgan fingerprint density at radius 3 is 2.88 bits per heavy atom. The van der Waals surface area contributed by atoms with Crippen LogP contribution in [0.3, 0.4) is 0 Å². The van der Waals surface area contributed by atoms with E-state index < -0.39 is 5.97 Å².